The minimum atomic E-state index is -0.153. The van der Waals surface area contributed by atoms with Gasteiger partial charge in [0, 0.05) is 73.0 Å². The number of carbonyl (C=O) groups is 1. The molecule has 0 spiro atoms. The van der Waals surface area contributed by atoms with Crippen LogP contribution in [-0.4, -0.2) is 79.5 Å². The Balaban J connectivity index is 1.34. The van der Waals surface area contributed by atoms with E-state index in [1.54, 1.807) is 6.08 Å². The molecule has 200 valence electrons. The number of hydrogen-bond acceptors (Lipinski definition) is 7. The van der Waals surface area contributed by atoms with Crippen LogP contribution in [0.25, 0.3) is 22.0 Å². The lowest BCUT2D eigenvalue weighted by Crippen LogP contribution is -2.44. The van der Waals surface area contributed by atoms with Gasteiger partial charge in [-0.2, -0.15) is 0 Å². The summed E-state index contributed by atoms with van der Waals surface area (Å²) in [6.45, 7) is 4.95. The minimum absolute atomic E-state index is 0.153. The third kappa shape index (κ3) is 6.79. The van der Waals surface area contributed by atoms with E-state index in [2.05, 4.69) is 56.7 Å². The Morgan fingerprint density at radius 1 is 0.974 bits per heavy atom. The van der Waals surface area contributed by atoms with Crippen molar-refractivity contribution in [2.45, 2.75) is 0 Å². The molecule has 1 saturated heterocycles. The lowest BCUT2D eigenvalue weighted by atomic mass is 10.0. The summed E-state index contributed by atoms with van der Waals surface area (Å²) in [5, 5.41) is 7.26. The molecule has 2 heterocycles. The van der Waals surface area contributed by atoms with E-state index in [1.165, 1.54) is 5.69 Å². The van der Waals surface area contributed by atoms with Crippen LogP contribution in [0.5, 0.6) is 0 Å². The molecule has 1 fully saturated rings. The molecular weight excluding hydrogens is 486 g/mol. The highest BCUT2D eigenvalue weighted by molar-refractivity contribution is 6.00. The Bertz CT molecular complexity index is 1460. The number of rotatable bonds is 8. The molecule has 8 nitrogen and oxygen atoms in total. The molecular formula is C31H35N7O. The molecule has 39 heavy (non-hydrogen) atoms. The predicted molar refractivity (Wildman–Crippen MR) is 161 cm³/mol. The van der Waals surface area contributed by atoms with E-state index < -0.39 is 0 Å². The first kappa shape index (κ1) is 26.3. The van der Waals surface area contributed by atoms with Gasteiger partial charge < -0.3 is 25.3 Å². The van der Waals surface area contributed by atoms with E-state index in [0.29, 0.717) is 12.5 Å². The van der Waals surface area contributed by atoms with Gasteiger partial charge in [-0.3, -0.25) is 4.79 Å². The highest BCUT2D eigenvalue weighted by Gasteiger charge is 2.14. The monoisotopic (exact) mass is 521 g/mol. The number of para-hydroxylation sites is 1. The number of nitrogens with one attached hydrogen (secondary N) is 2. The van der Waals surface area contributed by atoms with Crippen molar-refractivity contribution >= 4 is 39.8 Å². The molecule has 4 aromatic rings. The van der Waals surface area contributed by atoms with E-state index in [4.69, 9.17) is 4.98 Å². The molecule has 0 atom stereocenters. The first-order chi connectivity index (χ1) is 18.9. The molecule has 2 N–H and O–H groups in total. The zero-order valence-corrected chi connectivity index (χ0v) is 22.8. The molecule has 1 amide bonds. The van der Waals surface area contributed by atoms with Crippen LogP contribution >= 0.6 is 0 Å². The van der Waals surface area contributed by atoms with Crippen molar-refractivity contribution in [3.8, 4) is 11.1 Å². The average Bonchev–Trinajstić information content (AvgIpc) is 2.93. The Kier molecular flexibility index (Phi) is 8.15. The van der Waals surface area contributed by atoms with Gasteiger partial charge >= 0.3 is 0 Å². The summed E-state index contributed by atoms with van der Waals surface area (Å²) in [6.07, 6.45) is 5.25. The fourth-order valence-corrected chi connectivity index (χ4v) is 4.62. The summed E-state index contributed by atoms with van der Waals surface area (Å²) in [6, 6.07) is 22.3. The number of fused-ring (bicyclic) bond motifs is 1. The standard InChI is InChI=1S/C31H35N7O/c1-36(2)16-6-11-29(39)33-26-9-4-7-23(21-26)28-10-5-8-24-22-32-31(35-30(24)28)34-25-12-14-27(15-13-25)38-19-17-37(3)18-20-38/h4-15,21-22H,16-20H2,1-3H3,(H,33,39)(H,32,34,35)/b11-6+. The first-order valence-electron chi connectivity index (χ1n) is 13.2. The van der Waals surface area contributed by atoms with Gasteiger partial charge in [-0.1, -0.05) is 36.4 Å². The van der Waals surface area contributed by atoms with Crippen molar-refractivity contribution in [3.05, 3.63) is 85.1 Å². The maximum atomic E-state index is 12.3. The summed E-state index contributed by atoms with van der Waals surface area (Å²) < 4.78 is 0. The number of hydrogen-bond donors (Lipinski definition) is 2. The number of benzene rings is 3. The van der Waals surface area contributed by atoms with Crippen molar-refractivity contribution in [1.29, 1.82) is 0 Å². The number of carbonyl (C=O) groups excluding carboxylic acids is 1. The number of aromatic nitrogens is 2. The molecule has 1 aromatic heterocycles. The summed E-state index contributed by atoms with van der Waals surface area (Å²) in [4.78, 5) is 28.5. The number of nitrogens with zero attached hydrogens (tertiary/aromatic N) is 5. The smallest absolute Gasteiger partial charge is 0.248 e. The van der Waals surface area contributed by atoms with Crippen molar-refractivity contribution in [1.82, 2.24) is 19.8 Å². The van der Waals surface area contributed by atoms with Crippen molar-refractivity contribution < 1.29 is 4.79 Å². The number of anilines is 4. The molecule has 1 aliphatic heterocycles. The topological polar surface area (TPSA) is 76.6 Å². The fourth-order valence-electron chi connectivity index (χ4n) is 4.62. The van der Waals surface area contributed by atoms with Gasteiger partial charge in [-0.25, -0.2) is 9.97 Å². The van der Waals surface area contributed by atoms with Crippen LogP contribution in [0.15, 0.2) is 85.1 Å². The van der Waals surface area contributed by atoms with Crippen LogP contribution in [0.2, 0.25) is 0 Å². The lowest BCUT2D eigenvalue weighted by molar-refractivity contribution is -0.111. The molecule has 0 unspecified atom stereocenters. The average molecular weight is 522 g/mol. The van der Waals surface area contributed by atoms with Crippen molar-refractivity contribution in [3.63, 3.8) is 0 Å². The third-order valence-corrected chi connectivity index (χ3v) is 6.78. The molecule has 0 aliphatic carbocycles. The summed E-state index contributed by atoms with van der Waals surface area (Å²) in [7, 11) is 6.09. The van der Waals surface area contributed by atoms with Gasteiger partial charge in [0.15, 0.2) is 0 Å². The van der Waals surface area contributed by atoms with E-state index >= 15 is 0 Å². The van der Waals surface area contributed by atoms with E-state index in [-0.39, 0.29) is 5.91 Å². The predicted octanol–water partition coefficient (Wildman–Crippen LogP) is 4.85. The van der Waals surface area contributed by atoms with Crippen LogP contribution in [0.1, 0.15) is 0 Å². The van der Waals surface area contributed by atoms with Crippen LogP contribution < -0.4 is 15.5 Å². The van der Waals surface area contributed by atoms with E-state index in [9.17, 15) is 4.79 Å². The molecule has 0 radical (unpaired) electrons. The Morgan fingerprint density at radius 2 is 1.74 bits per heavy atom. The van der Waals surface area contributed by atoms with Gasteiger partial charge in [0.25, 0.3) is 0 Å². The van der Waals surface area contributed by atoms with Crippen LogP contribution in [0.4, 0.5) is 23.0 Å². The van der Waals surface area contributed by atoms with E-state index in [0.717, 1.165) is 59.6 Å². The van der Waals surface area contributed by atoms with Crippen molar-refractivity contribution in [2.75, 3.05) is 69.4 Å². The van der Waals surface area contributed by atoms with Crippen LogP contribution in [-0.2, 0) is 4.79 Å². The second kappa shape index (κ2) is 12.1. The molecule has 0 bridgehead atoms. The number of amides is 1. The fraction of sp³-hybridized carbons (Fsp3) is 0.258. The summed E-state index contributed by atoms with van der Waals surface area (Å²) >= 11 is 0. The van der Waals surface area contributed by atoms with Gasteiger partial charge in [-0.05, 0) is 63.1 Å². The Labute approximate surface area is 230 Å². The second-order valence-corrected chi connectivity index (χ2v) is 10.1. The zero-order valence-electron chi connectivity index (χ0n) is 22.8. The van der Waals surface area contributed by atoms with Gasteiger partial charge in [0.05, 0.1) is 5.52 Å². The lowest BCUT2D eigenvalue weighted by Gasteiger charge is -2.34. The number of piperazine rings is 1. The zero-order chi connectivity index (χ0) is 27.2. The quantitative estimate of drug-likeness (QED) is 0.321. The van der Waals surface area contributed by atoms with Crippen LogP contribution in [0.3, 0.4) is 0 Å². The van der Waals surface area contributed by atoms with Crippen LogP contribution in [0, 0.1) is 0 Å². The largest absolute Gasteiger partial charge is 0.369 e. The molecule has 5 rings (SSSR count). The SMILES string of the molecule is CN(C)C/C=C/C(=O)Nc1cccc(-c2cccc3cnc(Nc4ccc(N5CCN(C)CC5)cc4)nc23)c1. The molecule has 0 saturated carbocycles. The van der Waals surface area contributed by atoms with Crippen molar-refractivity contribution in [2.24, 2.45) is 0 Å². The van der Waals surface area contributed by atoms with Gasteiger partial charge in [0.1, 0.15) is 0 Å². The Hall–Kier alpha value is -4.27. The summed E-state index contributed by atoms with van der Waals surface area (Å²) in [5.74, 6) is 0.386. The molecule has 3 aromatic carbocycles. The highest BCUT2D eigenvalue weighted by Crippen LogP contribution is 2.30. The molecule has 1 aliphatic rings. The maximum absolute atomic E-state index is 12.3. The highest BCUT2D eigenvalue weighted by atomic mass is 16.1. The maximum Gasteiger partial charge on any atom is 0.248 e. The van der Waals surface area contributed by atoms with Gasteiger partial charge in [0.2, 0.25) is 11.9 Å². The summed E-state index contributed by atoms with van der Waals surface area (Å²) in [5.41, 5.74) is 5.70. The second-order valence-electron chi connectivity index (χ2n) is 10.1. The number of likely N-dealkylation sites (N-methyl/N-ethyl adjacent to an activating group) is 2. The minimum Gasteiger partial charge on any atom is -0.369 e. The van der Waals surface area contributed by atoms with E-state index in [1.807, 2.05) is 73.7 Å². The van der Waals surface area contributed by atoms with Gasteiger partial charge in [-0.15, -0.1) is 0 Å². The Morgan fingerprint density at radius 3 is 2.51 bits per heavy atom. The first-order valence-corrected chi connectivity index (χ1v) is 13.2. The normalized spacial score (nSPS) is 14.3. The molecule has 8 heteroatoms. The third-order valence-electron chi connectivity index (χ3n) is 6.78.